The van der Waals surface area contributed by atoms with Crippen molar-refractivity contribution >= 4 is 10.8 Å². The van der Waals surface area contributed by atoms with E-state index >= 15 is 0 Å². The first kappa shape index (κ1) is 20.2. The Morgan fingerprint density at radius 3 is 2.44 bits per heavy atom. The molecule has 0 saturated carbocycles. The zero-order valence-corrected chi connectivity index (χ0v) is 18.8. The smallest absolute Gasteiger partial charge is 0.113 e. The van der Waals surface area contributed by atoms with Crippen molar-refractivity contribution in [3.63, 3.8) is 0 Å². The van der Waals surface area contributed by atoms with Crippen LogP contribution in [0.25, 0.3) is 27.7 Å². The van der Waals surface area contributed by atoms with Crippen molar-refractivity contribution in [2.24, 2.45) is 0 Å². The third-order valence-electron chi connectivity index (χ3n) is 6.08. The van der Waals surface area contributed by atoms with E-state index in [1.165, 1.54) is 33.0 Å². The molecular formula is C29H27N3. The van der Waals surface area contributed by atoms with Crippen molar-refractivity contribution in [2.75, 3.05) is 0 Å². The second-order valence-electron chi connectivity index (χ2n) is 8.81. The minimum atomic E-state index is 0.476. The van der Waals surface area contributed by atoms with E-state index in [1.807, 2.05) is 10.9 Å². The van der Waals surface area contributed by atoms with Gasteiger partial charge >= 0.3 is 0 Å². The summed E-state index contributed by atoms with van der Waals surface area (Å²) < 4.78 is 1.90. The lowest BCUT2D eigenvalue weighted by molar-refractivity contribution is 0.791. The summed E-state index contributed by atoms with van der Waals surface area (Å²) in [6, 6.07) is 30.4. The Kier molecular flexibility index (Phi) is 5.32. The van der Waals surface area contributed by atoms with E-state index in [0.29, 0.717) is 5.92 Å². The van der Waals surface area contributed by atoms with Gasteiger partial charge in [0.15, 0.2) is 0 Å². The summed E-state index contributed by atoms with van der Waals surface area (Å²) in [5, 5.41) is 11.5. The molecule has 4 aromatic carbocycles. The van der Waals surface area contributed by atoms with Crippen molar-refractivity contribution in [2.45, 2.75) is 33.1 Å². The topological polar surface area (TPSA) is 30.7 Å². The molecule has 0 fully saturated rings. The third kappa shape index (κ3) is 4.06. The highest BCUT2D eigenvalue weighted by molar-refractivity contribution is 5.83. The Hall–Kier alpha value is -3.72. The van der Waals surface area contributed by atoms with E-state index in [1.54, 1.807) is 0 Å². The van der Waals surface area contributed by atoms with Crippen LogP contribution in [0.5, 0.6) is 0 Å². The van der Waals surface area contributed by atoms with E-state index in [-0.39, 0.29) is 0 Å². The van der Waals surface area contributed by atoms with Gasteiger partial charge in [0.1, 0.15) is 5.69 Å². The molecule has 5 aromatic rings. The molecule has 5 rings (SSSR count). The van der Waals surface area contributed by atoms with E-state index in [2.05, 4.69) is 116 Å². The third-order valence-corrected chi connectivity index (χ3v) is 6.08. The zero-order chi connectivity index (χ0) is 22.1. The van der Waals surface area contributed by atoms with E-state index < -0.39 is 0 Å². The number of hydrogen-bond donors (Lipinski definition) is 0. The predicted molar refractivity (Wildman–Crippen MR) is 132 cm³/mol. The second kappa shape index (κ2) is 8.43. The standard InChI is InChI=1S/C29H27N3/c1-20(2)25-13-11-21(3)29(18-25)32-19-28(30-31-32)27-10-6-7-22(17-27)15-23-12-14-24-8-4-5-9-26(24)16-23/h4-14,16-20H,15H2,1-3H3. The molecule has 158 valence electrons. The van der Waals surface area contributed by atoms with Crippen LogP contribution < -0.4 is 0 Å². The molecule has 3 heteroatoms. The number of nitrogens with zero attached hydrogens (tertiary/aromatic N) is 3. The molecule has 0 aliphatic rings. The van der Waals surface area contributed by atoms with Gasteiger partial charge in [0.25, 0.3) is 0 Å². The van der Waals surface area contributed by atoms with Crippen molar-refractivity contribution in [1.82, 2.24) is 15.0 Å². The van der Waals surface area contributed by atoms with Crippen LogP contribution in [0.1, 0.15) is 42.0 Å². The number of aromatic nitrogens is 3. The first-order valence-corrected chi connectivity index (χ1v) is 11.2. The summed E-state index contributed by atoms with van der Waals surface area (Å²) in [5.41, 5.74) is 8.14. The molecule has 1 heterocycles. The van der Waals surface area contributed by atoms with Crippen LogP contribution >= 0.6 is 0 Å². The van der Waals surface area contributed by atoms with Gasteiger partial charge in [0, 0.05) is 5.56 Å². The van der Waals surface area contributed by atoms with Crippen molar-refractivity contribution in [1.29, 1.82) is 0 Å². The Labute approximate surface area is 189 Å². The second-order valence-corrected chi connectivity index (χ2v) is 8.81. The van der Waals surface area contributed by atoms with Crippen molar-refractivity contribution in [3.05, 3.63) is 113 Å². The van der Waals surface area contributed by atoms with Crippen LogP contribution in [0.3, 0.4) is 0 Å². The van der Waals surface area contributed by atoms with Gasteiger partial charge in [-0.05, 0) is 64.4 Å². The Morgan fingerprint density at radius 1 is 0.781 bits per heavy atom. The molecule has 0 spiro atoms. The van der Waals surface area contributed by atoms with Crippen LogP contribution in [-0.2, 0) is 6.42 Å². The highest BCUT2D eigenvalue weighted by Crippen LogP contribution is 2.25. The minimum Gasteiger partial charge on any atom is -0.220 e. The SMILES string of the molecule is Cc1ccc(C(C)C)cc1-n1cc(-c2cccc(Cc3ccc4ccccc4c3)c2)nn1. The average Bonchev–Trinajstić information content (AvgIpc) is 3.29. The first-order chi connectivity index (χ1) is 15.6. The molecule has 0 amide bonds. The number of rotatable bonds is 5. The molecule has 0 unspecified atom stereocenters. The van der Waals surface area contributed by atoms with Crippen LogP contribution in [-0.4, -0.2) is 15.0 Å². The Bertz CT molecular complexity index is 1390. The normalized spacial score (nSPS) is 11.4. The molecule has 0 N–H and O–H groups in total. The molecular weight excluding hydrogens is 390 g/mol. The molecule has 0 aliphatic carbocycles. The fourth-order valence-corrected chi connectivity index (χ4v) is 4.17. The fourth-order valence-electron chi connectivity index (χ4n) is 4.17. The molecule has 3 nitrogen and oxygen atoms in total. The highest BCUT2D eigenvalue weighted by Gasteiger charge is 2.10. The lowest BCUT2D eigenvalue weighted by atomic mass is 9.99. The maximum Gasteiger partial charge on any atom is 0.113 e. The number of fused-ring (bicyclic) bond motifs is 1. The van der Waals surface area contributed by atoms with Gasteiger partial charge in [-0.3, -0.25) is 0 Å². The van der Waals surface area contributed by atoms with E-state index in [4.69, 9.17) is 0 Å². The Balaban J connectivity index is 1.43. The van der Waals surface area contributed by atoms with Gasteiger partial charge in [0.05, 0.1) is 11.9 Å². The fraction of sp³-hybridized carbons (Fsp3) is 0.172. The van der Waals surface area contributed by atoms with Crippen LogP contribution in [0.15, 0.2) is 91.1 Å². The maximum absolute atomic E-state index is 4.48. The summed E-state index contributed by atoms with van der Waals surface area (Å²) in [7, 11) is 0. The molecule has 0 atom stereocenters. The van der Waals surface area contributed by atoms with Crippen LogP contribution in [0.2, 0.25) is 0 Å². The summed E-state index contributed by atoms with van der Waals surface area (Å²) in [6.45, 7) is 6.54. The van der Waals surface area contributed by atoms with Gasteiger partial charge in [-0.25, -0.2) is 4.68 Å². The summed E-state index contributed by atoms with van der Waals surface area (Å²) in [4.78, 5) is 0. The van der Waals surface area contributed by atoms with Gasteiger partial charge in [-0.15, -0.1) is 5.10 Å². The summed E-state index contributed by atoms with van der Waals surface area (Å²) in [5.74, 6) is 0.476. The zero-order valence-electron chi connectivity index (χ0n) is 18.8. The number of benzene rings is 4. The monoisotopic (exact) mass is 417 g/mol. The lowest BCUT2D eigenvalue weighted by Crippen LogP contribution is -2.00. The maximum atomic E-state index is 4.48. The van der Waals surface area contributed by atoms with Gasteiger partial charge < -0.3 is 0 Å². The number of aryl methyl sites for hydroxylation is 1. The van der Waals surface area contributed by atoms with E-state index in [9.17, 15) is 0 Å². The summed E-state index contributed by atoms with van der Waals surface area (Å²) in [6.07, 6.45) is 2.92. The summed E-state index contributed by atoms with van der Waals surface area (Å²) >= 11 is 0. The highest BCUT2D eigenvalue weighted by atomic mass is 15.4. The minimum absolute atomic E-state index is 0.476. The number of hydrogen-bond acceptors (Lipinski definition) is 2. The van der Waals surface area contributed by atoms with Gasteiger partial charge in [-0.2, -0.15) is 0 Å². The van der Waals surface area contributed by atoms with Crippen molar-refractivity contribution in [3.8, 4) is 16.9 Å². The average molecular weight is 418 g/mol. The van der Waals surface area contributed by atoms with Crippen molar-refractivity contribution < 1.29 is 0 Å². The van der Waals surface area contributed by atoms with Crippen LogP contribution in [0, 0.1) is 6.92 Å². The van der Waals surface area contributed by atoms with Gasteiger partial charge in [0.2, 0.25) is 0 Å². The van der Waals surface area contributed by atoms with E-state index in [0.717, 1.165) is 23.4 Å². The first-order valence-electron chi connectivity index (χ1n) is 11.2. The largest absolute Gasteiger partial charge is 0.220 e. The molecule has 0 radical (unpaired) electrons. The molecule has 0 saturated heterocycles. The quantitative estimate of drug-likeness (QED) is 0.305. The Morgan fingerprint density at radius 2 is 1.59 bits per heavy atom. The van der Waals surface area contributed by atoms with Crippen LogP contribution in [0.4, 0.5) is 0 Å². The van der Waals surface area contributed by atoms with Gasteiger partial charge in [-0.1, -0.05) is 91.9 Å². The molecule has 0 bridgehead atoms. The molecule has 0 aliphatic heterocycles. The molecule has 32 heavy (non-hydrogen) atoms. The predicted octanol–water partition coefficient (Wildman–Crippen LogP) is 7.11. The lowest BCUT2D eigenvalue weighted by Gasteiger charge is -2.10. The molecule has 1 aromatic heterocycles.